The largest absolute Gasteiger partial charge is 0.454 e. The number of ether oxygens (including phenoxy) is 2. The summed E-state index contributed by atoms with van der Waals surface area (Å²) in [5.41, 5.74) is 2.90. The number of carbonyl (C=O) groups excluding carboxylic acids is 2. The zero-order valence-electron chi connectivity index (χ0n) is 20.2. The van der Waals surface area contributed by atoms with Crippen LogP contribution in [0.4, 0.5) is 5.69 Å². The Labute approximate surface area is 222 Å². The molecule has 0 saturated heterocycles. The maximum atomic E-state index is 13.9. The Balaban J connectivity index is 1.34. The van der Waals surface area contributed by atoms with E-state index in [1.165, 1.54) is 11.3 Å². The maximum Gasteiger partial charge on any atom is 0.252 e. The third-order valence-electron chi connectivity index (χ3n) is 6.23. The van der Waals surface area contributed by atoms with Gasteiger partial charge in [-0.2, -0.15) is 0 Å². The van der Waals surface area contributed by atoms with Crippen LogP contribution in [-0.4, -0.2) is 38.5 Å². The number of thiophene rings is 1. The third kappa shape index (κ3) is 4.81. The summed E-state index contributed by atoms with van der Waals surface area (Å²) in [5, 5.41) is 13.2. The van der Waals surface area contributed by atoms with Gasteiger partial charge in [0, 0.05) is 23.2 Å². The van der Waals surface area contributed by atoms with Gasteiger partial charge in [-0.15, -0.1) is 16.4 Å². The first kappa shape index (κ1) is 23.7. The quantitative estimate of drug-likeness (QED) is 0.317. The summed E-state index contributed by atoms with van der Waals surface area (Å²) in [6, 6.07) is 25.2. The summed E-state index contributed by atoms with van der Waals surface area (Å²) in [5.74, 6) is 0.590. The van der Waals surface area contributed by atoms with Crippen LogP contribution in [0.15, 0.2) is 90.3 Å². The Morgan fingerprint density at radius 3 is 2.63 bits per heavy atom. The van der Waals surface area contributed by atoms with Crippen molar-refractivity contribution < 1.29 is 19.1 Å². The number of carbonyl (C=O) groups is 2. The molecular formula is C28H23N5O4S. The number of hydrogen-bond donors (Lipinski definition) is 1. The van der Waals surface area contributed by atoms with Crippen molar-refractivity contribution in [3.05, 3.63) is 101 Å². The highest BCUT2D eigenvalue weighted by Gasteiger charge is 2.33. The number of rotatable bonds is 8. The van der Waals surface area contributed by atoms with Crippen LogP contribution in [0, 0.1) is 0 Å². The predicted molar refractivity (Wildman–Crippen MR) is 143 cm³/mol. The van der Waals surface area contributed by atoms with Crippen LogP contribution < -0.4 is 14.8 Å². The zero-order valence-corrected chi connectivity index (χ0v) is 21.0. The number of fused-ring (bicyclic) bond motifs is 2. The van der Waals surface area contributed by atoms with Crippen LogP contribution in [0.2, 0.25) is 0 Å². The number of amides is 2. The molecule has 1 aliphatic rings. The molecule has 3 aromatic carbocycles. The molecule has 3 heterocycles. The van der Waals surface area contributed by atoms with E-state index < -0.39 is 6.04 Å². The van der Waals surface area contributed by atoms with Crippen molar-refractivity contribution in [1.82, 2.24) is 19.9 Å². The van der Waals surface area contributed by atoms with Gasteiger partial charge in [-0.25, -0.2) is 4.68 Å². The number of benzene rings is 3. The molecule has 38 heavy (non-hydrogen) atoms. The Morgan fingerprint density at radius 1 is 0.974 bits per heavy atom. The average molecular weight is 526 g/mol. The molecule has 0 radical (unpaired) electrons. The van der Waals surface area contributed by atoms with Gasteiger partial charge < -0.3 is 19.7 Å². The van der Waals surface area contributed by atoms with Crippen LogP contribution in [0.5, 0.6) is 11.5 Å². The minimum Gasteiger partial charge on any atom is -0.454 e. The topological polar surface area (TPSA) is 98.6 Å². The molecular weight excluding hydrogens is 502 g/mol. The van der Waals surface area contributed by atoms with Crippen molar-refractivity contribution in [3.63, 3.8) is 0 Å². The zero-order chi connectivity index (χ0) is 25.9. The molecule has 190 valence electrons. The Hall–Kier alpha value is -4.70. The molecule has 2 amide bonds. The summed E-state index contributed by atoms with van der Waals surface area (Å²) in [4.78, 5) is 30.1. The summed E-state index contributed by atoms with van der Waals surface area (Å²) in [7, 11) is 0. The van der Waals surface area contributed by atoms with Crippen LogP contribution in [0.3, 0.4) is 0 Å². The number of hydrogen-bond acceptors (Lipinski definition) is 7. The van der Waals surface area contributed by atoms with E-state index in [1.54, 1.807) is 27.8 Å². The lowest BCUT2D eigenvalue weighted by Crippen LogP contribution is -2.42. The first-order valence-electron chi connectivity index (χ1n) is 12.0. The molecule has 5 aromatic rings. The van der Waals surface area contributed by atoms with Gasteiger partial charge >= 0.3 is 0 Å². The fraction of sp³-hybridized carbons (Fsp3) is 0.143. The molecule has 2 aromatic heterocycles. The first-order valence-corrected chi connectivity index (χ1v) is 12.9. The Kier molecular flexibility index (Phi) is 6.45. The number of para-hydroxylation sites is 1. The average Bonchev–Trinajstić information content (AvgIpc) is 3.71. The normalized spacial score (nSPS) is 12.8. The van der Waals surface area contributed by atoms with Crippen LogP contribution in [0.25, 0.3) is 11.0 Å². The van der Waals surface area contributed by atoms with E-state index >= 15 is 0 Å². The van der Waals surface area contributed by atoms with Gasteiger partial charge in [0.1, 0.15) is 18.1 Å². The fourth-order valence-corrected chi connectivity index (χ4v) is 5.25. The van der Waals surface area contributed by atoms with Crippen LogP contribution >= 0.6 is 11.3 Å². The lowest BCUT2D eigenvalue weighted by Gasteiger charge is -2.30. The van der Waals surface area contributed by atoms with Crippen molar-refractivity contribution >= 4 is 39.9 Å². The molecule has 1 aliphatic heterocycles. The number of nitrogens with zero attached hydrogens (tertiary/aromatic N) is 4. The molecule has 0 bridgehead atoms. The second-order valence-electron chi connectivity index (χ2n) is 8.72. The minimum atomic E-state index is -0.872. The standard InChI is InChI=1S/C28H23N5O4S/c34-26(17-33-22-10-5-4-9-21(22)30-31-33)32(16-19-7-2-1-3-8-19)27(25-11-6-14-38-25)28(35)29-20-12-13-23-24(15-20)37-18-36-23/h1-15,27H,16-18H2,(H,29,35)/t27-/m1/s1. The molecule has 0 aliphatic carbocycles. The lowest BCUT2D eigenvalue weighted by molar-refractivity contribution is -0.140. The number of anilines is 1. The summed E-state index contributed by atoms with van der Waals surface area (Å²) >= 11 is 1.42. The van der Waals surface area contributed by atoms with Gasteiger partial charge in [0.2, 0.25) is 12.7 Å². The molecule has 6 rings (SSSR count). The molecule has 0 unspecified atom stereocenters. The maximum absolute atomic E-state index is 13.9. The van der Waals surface area contributed by atoms with Gasteiger partial charge in [-0.05, 0) is 41.3 Å². The van der Waals surface area contributed by atoms with E-state index in [4.69, 9.17) is 9.47 Å². The van der Waals surface area contributed by atoms with Gasteiger partial charge in [0.05, 0.1) is 5.52 Å². The predicted octanol–water partition coefficient (Wildman–Crippen LogP) is 4.63. The summed E-state index contributed by atoms with van der Waals surface area (Å²) in [6.07, 6.45) is 0. The smallest absolute Gasteiger partial charge is 0.252 e. The second-order valence-corrected chi connectivity index (χ2v) is 9.70. The summed E-state index contributed by atoms with van der Waals surface area (Å²) in [6.45, 7) is 0.316. The van der Waals surface area contributed by atoms with Crippen molar-refractivity contribution in [2.24, 2.45) is 0 Å². The van der Waals surface area contributed by atoms with E-state index in [-0.39, 0.29) is 31.7 Å². The van der Waals surface area contributed by atoms with Crippen molar-refractivity contribution in [2.45, 2.75) is 19.1 Å². The van der Waals surface area contributed by atoms with Gasteiger partial charge in [-0.1, -0.05) is 53.7 Å². The van der Waals surface area contributed by atoms with E-state index in [0.717, 1.165) is 16.0 Å². The second kappa shape index (κ2) is 10.3. The van der Waals surface area contributed by atoms with Crippen molar-refractivity contribution in [3.8, 4) is 11.5 Å². The molecule has 10 heteroatoms. The monoisotopic (exact) mass is 525 g/mol. The van der Waals surface area contributed by atoms with E-state index in [2.05, 4.69) is 15.6 Å². The van der Waals surface area contributed by atoms with Crippen LogP contribution in [0.1, 0.15) is 16.5 Å². The van der Waals surface area contributed by atoms with Crippen LogP contribution in [-0.2, 0) is 22.7 Å². The van der Waals surface area contributed by atoms with Gasteiger partial charge in [-0.3, -0.25) is 9.59 Å². The molecule has 9 nitrogen and oxygen atoms in total. The summed E-state index contributed by atoms with van der Waals surface area (Å²) < 4.78 is 12.4. The molecule has 0 spiro atoms. The number of nitrogens with one attached hydrogen (secondary N) is 1. The molecule has 0 fully saturated rings. The highest BCUT2D eigenvalue weighted by Crippen LogP contribution is 2.35. The lowest BCUT2D eigenvalue weighted by atomic mass is 10.1. The molecule has 1 atom stereocenters. The molecule has 1 N–H and O–H groups in total. The highest BCUT2D eigenvalue weighted by atomic mass is 32.1. The van der Waals surface area contributed by atoms with E-state index in [9.17, 15) is 9.59 Å². The van der Waals surface area contributed by atoms with E-state index in [0.29, 0.717) is 22.7 Å². The van der Waals surface area contributed by atoms with E-state index in [1.807, 2.05) is 72.1 Å². The minimum absolute atomic E-state index is 0.0630. The Bertz CT molecular complexity index is 1590. The highest BCUT2D eigenvalue weighted by molar-refractivity contribution is 7.10. The molecule has 0 saturated carbocycles. The SMILES string of the molecule is O=C(Nc1ccc2c(c1)OCO2)[C@@H](c1cccs1)N(Cc1ccccc1)C(=O)Cn1nnc2ccccc21. The van der Waals surface area contributed by atoms with Gasteiger partial charge in [0.25, 0.3) is 5.91 Å². The number of aromatic nitrogens is 3. The van der Waals surface area contributed by atoms with Crippen molar-refractivity contribution in [2.75, 3.05) is 12.1 Å². The van der Waals surface area contributed by atoms with Gasteiger partial charge in [0.15, 0.2) is 11.5 Å². The fourth-order valence-electron chi connectivity index (χ4n) is 4.41. The Morgan fingerprint density at radius 2 is 1.79 bits per heavy atom. The van der Waals surface area contributed by atoms with Crippen molar-refractivity contribution in [1.29, 1.82) is 0 Å². The third-order valence-corrected chi connectivity index (χ3v) is 7.16. The first-order chi connectivity index (χ1) is 18.7.